The van der Waals surface area contributed by atoms with Crippen LogP contribution in [0.4, 0.5) is 5.82 Å². The minimum atomic E-state index is 0.872. The van der Waals surface area contributed by atoms with Gasteiger partial charge in [0.25, 0.3) is 0 Å². The highest BCUT2D eigenvalue weighted by molar-refractivity contribution is 7.16. The SMILES string of the molecule is CCCN(Cc1nc(NCC)c2ccsc2n1)CC1CC1. The van der Waals surface area contributed by atoms with Gasteiger partial charge >= 0.3 is 0 Å². The lowest BCUT2D eigenvalue weighted by molar-refractivity contribution is 0.249. The number of aromatic nitrogens is 2. The molecule has 0 amide bonds. The number of fused-ring (bicyclic) bond motifs is 1. The van der Waals surface area contributed by atoms with Gasteiger partial charge in [-0.15, -0.1) is 11.3 Å². The summed E-state index contributed by atoms with van der Waals surface area (Å²) in [4.78, 5) is 13.1. The zero-order valence-electron chi connectivity index (χ0n) is 12.9. The molecule has 5 heteroatoms. The molecular weight excluding hydrogens is 280 g/mol. The minimum Gasteiger partial charge on any atom is -0.370 e. The van der Waals surface area contributed by atoms with E-state index in [1.807, 2.05) is 0 Å². The molecule has 1 fully saturated rings. The van der Waals surface area contributed by atoms with E-state index in [0.29, 0.717) is 0 Å². The van der Waals surface area contributed by atoms with Crippen LogP contribution in [-0.2, 0) is 6.54 Å². The zero-order valence-corrected chi connectivity index (χ0v) is 13.7. The first-order valence-corrected chi connectivity index (χ1v) is 8.88. The maximum atomic E-state index is 4.76. The van der Waals surface area contributed by atoms with Crippen LogP contribution < -0.4 is 5.32 Å². The van der Waals surface area contributed by atoms with E-state index in [4.69, 9.17) is 9.97 Å². The molecule has 0 bridgehead atoms. The molecule has 0 radical (unpaired) electrons. The third kappa shape index (κ3) is 3.71. The molecule has 4 nitrogen and oxygen atoms in total. The number of anilines is 1. The van der Waals surface area contributed by atoms with E-state index in [2.05, 4.69) is 35.5 Å². The van der Waals surface area contributed by atoms with Gasteiger partial charge in [0.15, 0.2) is 0 Å². The second-order valence-corrected chi connectivity index (χ2v) is 6.73. The van der Waals surface area contributed by atoms with Crippen molar-refractivity contribution in [1.29, 1.82) is 0 Å². The smallest absolute Gasteiger partial charge is 0.146 e. The molecule has 2 aromatic rings. The van der Waals surface area contributed by atoms with Crippen molar-refractivity contribution in [2.45, 2.75) is 39.7 Å². The van der Waals surface area contributed by atoms with Gasteiger partial charge in [-0.25, -0.2) is 9.97 Å². The summed E-state index contributed by atoms with van der Waals surface area (Å²) < 4.78 is 0. The molecule has 2 heterocycles. The van der Waals surface area contributed by atoms with E-state index in [1.165, 1.54) is 25.8 Å². The second-order valence-electron chi connectivity index (χ2n) is 5.84. The molecule has 2 aromatic heterocycles. The van der Waals surface area contributed by atoms with E-state index < -0.39 is 0 Å². The highest BCUT2D eigenvalue weighted by Gasteiger charge is 2.24. The Bertz CT molecular complexity index is 591. The monoisotopic (exact) mass is 304 g/mol. The first kappa shape index (κ1) is 14.7. The van der Waals surface area contributed by atoms with Gasteiger partial charge in [0.2, 0.25) is 0 Å². The highest BCUT2D eigenvalue weighted by Crippen LogP contribution is 2.30. The molecule has 21 heavy (non-hydrogen) atoms. The summed E-state index contributed by atoms with van der Waals surface area (Å²) in [5, 5.41) is 6.62. The summed E-state index contributed by atoms with van der Waals surface area (Å²) in [5.74, 6) is 2.85. The maximum absolute atomic E-state index is 4.76. The average molecular weight is 304 g/mol. The van der Waals surface area contributed by atoms with Crippen molar-refractivity contribution in [1.82, 2.24) is 14.9 Å². The molecule has 1 N–H and O–H groups in total. The van der Waals surface area contributed by atoms with Gasteiger partial charge in [-0.3, -0.25) is 4.90 Å². The number of nitrogens with zero attached hydrogens (tertiary/aromatic N) is 3. The number of nitrogens with one attached hydrogen (secondary N) is 1. The molecule has 0 aromatic carbocycles. The summed E-state index contributed by atoms with van der Waals surface area (Å²) in [5.41, 5.74) is 0. The molecule has 0 atom stereocenters. The molecule has 0 saturated heterocycles. The fourth-order valence-electron chi connectivity index (χ4n) is 2.69. The fourth-order valence-corrected chi connectivity index (χ4v) is 3.47. The normalized spacial score (nSPS) is 15.0. The van der Waals surface area contributed by atoms with Crippen LogP contribution in [0.5, 0.6) is 0 Å². The standard InChI is InChI=1S/C16H24N4S/c1-3-8-20(10-12-5-6-12)11-14-18-15(17-4-2)13-7-9-21-16(13)19-14/h7,9,12H,3-6,8,10-11H2,1-2H3,(H,17,18,19). The molecular formula is C16H24N4S. The molecule has 0 aliphatic heterocycles. The van der Waals surface area contributed by atoms with E-state index in [0.717, 1.165) is 47.4 Å². The average Bonchev–Trinajstić information content (AvgIpc) is 3.14. The predicted octanol–water partition coefficient (Wildman–Crippen LogP) is 3.75. The third-order valence-corrected chi connectivity index (χ3v) is 4.64. The minimum absolute atomic E-state index is 0.872. The molecule has 3 rings (SSSR count). The van der Waals surface area contributed by atoms with Crippen LogP contribution in [0, 0.1) is 5.92 Å². The first-order valence-electron chi connectivity index (χ1n) is 8.00. The first-order chi connectivity index (χ1) is 10.3. The summed E-state index contributed by atoms with van der Waals surface area (Å²) in [6.45, 7) is 8.46. The molecule has 114 valence electrons. The van der Waals surface area contributed by atoms with Gasteiger partial charge in [0.05, 0.1) is 11.9 Å². The molecule has 1 saturated carbocycles. The number of hydrogen-bond acceptors (Lipinski definition) is 5. The van der Waals surface area contributed by atoms with Gasteiger partial charge < -0.3 is 5.32 Å². The van der Waals surface area contributed by atoms with Crippen molar-refractivity contribution in [2.24, 2.45) is 5.92 Å². The summed E-state index contributed by atoms with van der Waals surface area (Å²) >= 11 is 1.70. The Morgan fingerprint density at radius 3 is 2.90 bits per heavy atom. The highest BCUT2D eigenvalue weighted by atomic mass is 32.1. The Hall–Kier alpha value is -1.20. The van der Waals surface area contributed by atoms with Crippen LogP contribution in [0.3, 0.4) is 0 Å². The summed E-state index contributed by atoms with van der Waals surface area (Å²) in [6.07, 6.45) is 3.98. The van der Waals surface area contributed by atoms with Gasteiger partial charge in [-0.1, -0.05) is 6.92 Å². The van der Waals surface area contributed by atoms with Crippen LogP contribution >= 0.6 is 11.3 Å². The maximum Gasteiger partial charge on any atom is 0.146 e. The largest absolute Gasteiger partial charge is 0.370 e. The van der Waals surface area contributed by atoms with Gasteiger partial charge in [0.1, 0.15) is 16.5 Å². The topological polar surface area (TPSA) is 41.1 Å². The van der Waals surface area contributed by atoms with Crippen molar-refractivity contribution in [3.63, 3.8) is 0 Å². The van der Waals surface area contributed by atoms with Crippen molar-refractivity contribution >= 4 is 27.4 Å². The van der Waals surface area contributed by atoms with Crippen molar-refractivity contribution in [3.8, 4) is 0 Å². The number of thiophene rings is 1. The lowest BCUT2D eigenvalue weighted by Crippen LogP contribution is -2.27. The van der Waals surface area contributed by atoms with Crippen LogP contribution in [0.25, 0.3) is 10.2 Å². The Labute approximate surface area is 130 Å². The Morgan fingerprint density at radius 2 is 2.19 bits per heavy atom. The quantitative estimate of drug-likeness (QED) is 0.806. The van der Waals surface area contributed by atoms with E-state index in [1.54, 1.807) is 11.3 Å². The summed E-state index contributed by atoms with van der Waals surface area (Å²) in [7, 11) is 0. The fraction of sp³-hybridized carbons (Fsp3) is 0.625. The lowest BCUT2D eigenvalue weighted by Gasteiger charge is -2.21. The van der Waals surface area contributed by atoms with Gasteiger partial charge in [0, 0.05) is 13.1 Å². The Morgan fingerprint density at radius 1 is 1.33 bits per heavy atom. The van der Waals surface area contributed by atoms with E-state index >= 15 is 0 Å². The Kier molecular flexibility index (Phi) is 4.70. The molecule has 0 unspecified atom stereocenters. The van der Waals surface area contributed by atoms with Crippen LogP contribution in [0.2, 0.25) is 0 Å². The van der Waals surface area contributed by atoms with Crippen LogP contribution in [0.15, 0.2) is 11.4 Å². The van der Waals surface area contributed by atoms with Crippen LogP contribution in [-0.4, -0.2) is 34.5 Å². The third-order valence-electron chi connectivity index (χ3n) is 3.83. The van der Waals surface area contributed by atoms with E-state index in [9.17, 15) is 0 Å². The summed E-state index contributed by atoms with van der Waals surface area (Å²) in [6, 6.07) is 2.11. The predicted molar refractivity (Wildman–Crippen MR) is 89.9 cm³/mol. The van der Waals surface area contributed by atoms with Crippen LogP contribution in [0.1, 0.15) is 38.9 Å². The lowest BCUT2D eigenvalue weighted by atomic mass is 10.3. The van der Waals surface area contributed by atoms with Gasteiger partial charge in [-0.05, 0) is 50.1 Å². The Balaban J connectivity index is 1.80. The number of rotatable bonds is 8. The zero-order chi connectivity index (χ0) is 14.7. The van der Waals surface area contributed by atoms with Crippen molar-refractivity contribution < 1.29 is 0 Å². The van der Waals surface area contributed by atoms with Crippen molar-refractivity contribution in [3.05, 3.63) is 17.3 Å². The molecule has 0 spiro atoms. The molecule has 1 aliphatic rings. The second kappa shape index (κ2) is 6.71. The van der Waals surface area contributed by atoms with Gasteiger partial charge in [-0.2, -0.15) is 0 Å². The number of hydrogen-bond donors (Lipinski definition) is 1. The molecule has 1 aliphatic carbocycles. The van der Waals surface area contributed by atoms with Crippen molar-refractivity contribution in [2.75, 3.05) is 25.0 Å². The van der Waals surface area contributed by atoms with E-state index in [-0.39, 0.29) is 0 Å².